The Morgan fingerprint density at radius 3 is 2.79 bits per heavy atom. The lowest BCUT2D eigenvalue weighted by atomic mass is 10.0. The molecule has 0 saturated heterocycles. The summed E-state index contributed by atoms with van der Waals surface area (Å²) >= 11 is 0. The number of nitrogens with zero attached hydrogens (tertiary/aromatic N) is 3. The first-order chi connectivity index (χ1) is 14.1. The highest BCUT2D eigenvalue weighted by Gasteiger charge is 2.12. The number of benzene rings is 1. The van der Waals surface area contributed by atoms with Crippen LogP contribution in [0.1, 0.15) is 40.7 Å². The zero-order valence-electron chi connectivity index (χ0n) is 16.1. The molecule has 3 N–H and O–H groups in total. The Balaban J connectivity index is 1.68. The number of halogens is 1. The molecule has 0 fully saturated rings. The van der Waals surface area contributed by atoms with Crippen LogP contribution in [-0.2, 0) is 13.0 Å². The minimum atomic E-state index is -0.358. The molecule has 3 aromatic rings. The van der Waals surface area contributed by atoms with Crippen molar-refractivity contribution in [1.82, 2.24) is 15.0 Å². The number of Topliss-reactive ketones (excluding diaryl/α,β-unsaturated/α-hetero) is 1. The van der Waals surface area contributed by atoms with E-state index in [0.717, 1.165) is 6.42 Å². The molecule has 0 spiro atoms. The zero-order chi connectivity index (χ0) is 20.6. The normalized spacial score (nSPS) is 11.0. The van der Waals surface area contributed by atoms with E-state index in [2.05, 4.69) is 20.3 Å². The second kappa shape index (κ2) is 9.54. The number of rotatable bonds is 8. The minimum Gasteiger partial charge on any atom is -0.382 e. The van der Waals surface area contributed by atoms with Gasteiger partial charge in [-0.2, -0.15) is 0 Å². The van der Waals surface area contributed by atoms with Gasteiger partial charge in [0.1, 0.15) is 17.3 Å². The summed E-state index contributed by atoms with van der Waals surface area (Å²) in [5.74, 6) is -0.191. The number of carbonyl (C=O) groups excluding carboxylic acids is 1. The van der Waals surface area contributed by atoms with E-state index in [9.17, 15) is 9.18 Å². The monoisotopic (exact) mass is 391 g/mol. The highest BCUT2D eigenvalue weighted by atomic mass is 19.1. The molecule has 0 bridgehead atoms. The Labute approximate surface area is 168 Å². The van der Waals surface area contributed by atoms with Crippen LogP contribution in [0.3, 0.4) is 0 Å². The molecule has 0 unspecified atom stereocenters. The number of hydrogen-bond acceptors (Lipinski definition) is 6. The van der Waals surface area contributed by atoms with E-state index in [1.807, 2.05) is 19.1 Å². The van der Waals surface area contributed by atoms with Gasteiger partial charge in [-0.1, -0.05) is 25.1 Å². The Morgan fingerprint density at radius 1 is 1.21 bits per heavy atom. The standard InChI is InChI=1S/C22H22FN5O/c1-2-3-5-17-13-28-20(14-26-17)21(29)11-15-7-8-18(23)16(10-15)12-27-19-6-4-9-25-22(19)24/h3-10,13-14,27H,2,11-12H2,1H3,(H2,24,25)/b5-3-. The van der Waals surface area contributed by atoms with Crippen molar-refractivity contribution in [3.8, 4) is 0 Å². The molecule has 2 heterocycles. The van der Waals surface area contributed by atoms with E-state index >= 15 is 0 Å². The fourth-order valence-electron chi connectivity index (χ4n) is 2.71. The van der Waals surface area contributed by atoms with Crippen LogP contribution >= 0.6 is 0 Å². The molecule has 0 aliphatic heterocycles. The van der Waals surface area contributed by atoms with Crippen molar-refractivity contribution < 1.29 is 9.18 Å². The van der Waals surface area contributed by atoms with Gasteiger partial charge in [-0.15, -0.1) is 0 Å². The predicted octanol–water partition coefficient (Wildman–Crippen LogP) is 4.05. The Hall–Kier alpha value is -3.61. The second-order valence-corrected chi connectivity index (χ2v) is 6.45. The fourth-order valence-corrected chi connectivity index (χ4v) is 2.71. The van der Waals surface area contributed by atoms with Crippen LogP contribution in [0.2, 0.25) is 0 Å². The van der Waals surface area contributed by atoms with Crippen molar-refractivity contribution in [2.75, 3.05) is 11.1 Å². The van der Waals surface area contributed by atoms with Gasteiger partial charge in [-0.3, -0.25) is 9.78 Å². The fraction of sp³-hybridized carbons (Fsp3) is 0.182. The van der Waals surface area contributed by atoms with E-state index in [1.54, 1.807) is 36.7 Å². The second-order valence-electron chi connectivity index (χ2n) is 6.45. The third kappa shape index (κ3) is 5.44. The van der Waals surface area contributed by atoms with Crippen LogP contribution in [-0.4, -0.2) is 20.7 Å². The smallest absolute Gasteiger partial charge is 0.187 e. The first kappa shape index (κ1) is 20.1. The van der Waals surface area contributed by atoms with Gasteiger partial charge in [0.2, 0.25) is 0 Å². The molecule has 6 nitrogen and oxygen atoms in total. The maximum Gasteiger partial charge on any atom is 0.187 e. The third-order valence-electron chi connectivity index (χ3n) is 4.26. The molecule has 2 aromatic heterocycles. The highest BCUT2D eigenvalue weighted by molar-refractivity contribution is 5.95. The number of anilines is 2. The molecular weight excluding hydrogens is 369 g/mol. The molecule has 29 heavy (non-hydrogen) atoms. The lowest BCUT2D eigenvalue weighted by Crippen LogP contribution is -2.09. The number of nitrogen functional groups attached to an aromatic ring is 1. The average Bonchev–Trinajstić information content (AvgIpc) is 2.74. The van der Waals surface area contributed by atoms with Crippen molar-refractivity contribution in [3.05, 3.63) is 83.3 Å². The van der Waals surface area contributed by atoms with E-state index in [0.29, 0.717) is 28.3 Å². The van der Waals surface area contributed by atoms with Crippen molar-refractivity contribution in [3.63, 3.8) is 0 Å². The summed E-state index contributed by atoms with van der Waals surface area (Å²) < 4.78 is 14.2. The molecule has 0 radical (unpaired) electrons. The number of pyridine rings is 1. The Morgan fingerprint density at radius 2 is 2.07 bits per heavy atom. The van der Waals surface area contributed by atoms with E-state index < -0.39 is 0 Å². The van der Waals surface area contributed by atoms with Gasteiger partial charge in [-0.25, -0.2) is 14.4 Å². The van der Waals surface area contributed by atoms with Gasteiger partial charge in [0, 0.05) is 24.7 Å². The maximum absolute atomic E-state index is 14.2. The van der Waals surface area contributed by atoms with Crippen LogP contribution in [0.5, 0.6) is 0 Å². The summed E-state index contributed by atoms with van der Waals surface area (Å²) in [5, 5.41) is 3.06. The molecular formula is C22H22FN5O. The summed E-state index contributed by atoms with van der Waals surface area (Å²) in [6.07, 6.45) is 9.46. The van der Waals surface area contributed by atoms with Crippen LogP contribution in [0.25, 0.3) is 6.08 Å². The maximum atomic E-state index is 14.2. The average molecular weight is 391 g/mol. The summed E-state index contributed by atoms with van der Waals surface area (Å²) in [4.78, 5) is 24.9. The third-order valence-corrected chi connectivity index (χ3v) is 4.26. The molecule has 0 atom stereocenters. The van der Waals surface area contributed by atoms with Gasteiger partial charge in [0.15, 0.2) is 5.78 Å². The van der Waals surface area contributed by atoms with Gasteiger partial charge in [0.25, 0.3) is 0 Å². The lowest BCUT2D eigenvalue weighted by molar-refractivity contribution is 0.0988. The van der Waals surface area contributed by atoms with Gasteiger partial charge < -0.3 is 11.1 Å². The molecule has 7 heteroatoms. The topological polar surface area (TPSA) is 93.8 Å². The van der Waals surface area contributed by atoms with Crippen LogP contribution in [0.4, 0.5) is 15.9 Å². The molecule has 3 rings (SSSR count). The largest absolute Gasteiger partial charge is 0.382 e. The number of aromatic nitrogens is 3. The number of carbonyl (C=O) groups is 1. The van der Waals surface area contributed by atoms with Crippen molar-refractivity contribution in [2.45, 2.75) is 26.3 Å². The first-order valence-corrected chi connectivity index (χ1v) is 9.30. The Kier molecular flexibility index (Phi) is 6.63. The van der Waals surface area contributed by atoms with Crippen molar-refractivity contribution >= 4 is 23.4 Å². The first-order valence-electron chi connectivity index (χ1n) is 9.30. The molecule has 0 amide bonds. The van der Waals surface area contributed by atoms with Crippen molar-refractivity contribution in [1.29, 1.82) is 0 Å². The number of ketones is 1. The highest BCUT2D eigenvalue weighted by Crippen LogP contribution is 2.18. The van der Waals surface area contributed by atoms with Gasteiger partial charge in [-0.05, 0) is 36.3 Å². The molecule has 148 valence electrons. The number of nitrogens with one attached hydrogen (secondary N) is 1. The lowest BCUT2D eigenvalue weighted by Gasteiger charge is -2.10. The van der Waals surface area contributed by atoms with E-state index in [1.165, 1.54) is 12.3 Å². The minimum absolute atomic E-state index is 0.112. The summed E-state index contributed by atoms with van der Waals surface area (Å²) in [6, 6.07) is 8.14. The Bertz CT molecular complexity index is 1020. The SMILES string of the molecule is CC/C=C\c1cnc(C(=O)Cc2ccc(F)c(CNc3cccnc3N)c2)cn1. The van der Waals surface area contributed by atoms with Crippen LogP contribution in [0, 0.1) is 5.82 Å². The number of nitrogens with two attached hydrogens (primary N) is 1. The molecule has 1 aromatic carbocycles. The summed E-state index contributed by atoms with van der Waals surface area (Å²) in [5.41, 5.74) is 8.54. The van der Waals surface area contributed by atoms with Crippen LogP contribution in [0.15, 0.2) is 55.0 Å². The zero-order valence-corrected chi connectivity index (χ0v) is 16.1. The number of hydrogen-bond donors (Lipinski definition) is 2. The predicted molar refractivity (Wildman–Crippen MR) is 112 cm³/mol. The quantitative estimate of drug-likeness (QED) is 0.563. The van der Waals surface area contributed by atoms with E-state index in [-0.39, 0.29) is 30.3 Å². The summed E-state index contributed by atoms with van der Waals surface area (Å²) in [6.45, 7) is 2.25. The molecule has 0 saturated carbocycles. The number of allylic oxidation sites excluding steroid dienone is 1. The van der Waals surface area contributed by atoms with Gasteiger partial charge in [0.05, 0.1) is 23.8 Å². The molecule has 0 aliphatic carbocycles. The van der Waals surface area contributed by atoms with E-state index in [4.69, 9.17) is 5.73 Å². The summed E-state index contributed by atoms with van der Waals surface area (Å²) in [7, 11) is 0. The van der Waals surface area contributed by atoms with Crippen molar-refractivity contribution in [2.24, 2.45) is 0 Å². The van der Waals surface area contributed by atoms with Gasteiger partial charge >= 0.3 is 0 Å². The van der Waals surface area contributed by atoms with Crippen LogP contribution < -0.4 is 11.1 Å². The molecule has 0 aliphatic rings.